The van der Waals surface area contributed by atoms with Crippen LogP contribution in [0.4, 0.5) is 0 Å². The van der Waals surface area contributed by atoms with Crippen molar-refractivity contribution in [1.82, 2.24) is 29.8 Å². The van der Waals surface area contributed by atoms with Gasteiger partial charge in [-0.25, -0.2) is 4.68 Å². The fourth-order valence-electron chi connectivity index (χ4n) is 1.22. The smallest absolute Gasteiger partial charge is 0.154 e. The van der Waals surface area contributed by atoms with Crippen molar-refractivity contribution in [2.75, 3.05) is 5.33 Å². The van der Waals surface area contributed by atoms with Gasteiger partial charge in [0.1, 0.15) is 12.9 Å². The van der Waals surface area contributed by atoms with Crippen LogP contribution in [0.15, 0.2) is 12.5 Å². The summed E-state index contributed by atoms with van der Waals surface area (Å²) >= 11 is 3.36. The lowest BCUT2D eigenvalue weighted by Gasteiger charge is -1.98. The predicted octanol–water partition coefficient (Wildman–Crippen LogP) is 0.392. The Morgan fingerprint density at radius 1 is 1.40 bits per heavy atom. The number of rotatable bonds is 4. The lowest BCUT2D eigenvalue weighted by Crippen LogP contribution is -2.06. The van der Waals surface area contributed by atoms with E-state index in [2.05, 4.69) is 36.4 Å². The lowest BCUT2D eigenvalue weighted by molar-refractivity contribution is 0.605. The van der Waals surface area contributed by atoms with Gasteiger partial charge in [0.2, 0.25) is 0 Å². The monoisotopic (exact) mass is 270 g/mol. The number of aromatic nitrogens is 6. The molecule has 7 heteroatoms. The van der Waals surface area contributed by atoms with E-state index in [-0.39, 0.29) is 0 Å². The topological polar surface area (TPSA) is 61.4 Å². The molecule has 0 saturated heterocycles. The SMILES string of the molecule is Cn1cnnc1Cn1cc(CCBr)nn1. The Morgan fingerprint density at radius 2 is 2.27 bits per heavy atom. The van der Waals surface area contributed by atoms with Crippen LogP contribution in [-0.2, 0) is 20.0 Å². The van der Waals surface area contributed by atoms with Gasteiger partial charge in [-0.05, 0) is 0 Å². The van der Waals surface area contributed by atoms with Gasteiger partial charge in [-0.2, -0.15) is 0 Å². The summed E-state index contributed by atoms with van der Waals surface area (Å²) < 4.78 is 3.63. The van der Waals surface area contributed by atoms with E-state index in [0.29, 0.717) is 6.54 Å². The molecule has 0 aliphatic rings. The van der Waals surface area contributed by atoms with Gasteiger partial charge in [-0.3, -0.25) is 0 Å². The van der Waals surface area contributed by atoms with Gasteiger partial charge in [0, 0.05) is 25.0 Å². The molecular formula is C8H11BrN6. The minimum absolute atomic E-state index is 0.603. The van der Waals surface area contributed by atoms with Crippen LogP contribution in [-0.4, -0.2) is 35.1 Å². The molecule has 0 aliphatic carbocycles. The molecular weight excluding hydrogens is 260 g/mol. The predicted molar refractivity (Wildman–Crippen MR) is 57.6 cm³/mol. The Bertz CT molecular complexity index is 434. The van der Waals surface area contributed by atoms with Crippen LogP contribution in [0, 0.1) is 0 Å². The van der Waals surface area contributed by atoms with E-state index >= 15 is 0 Å². The molecule has 0 amide bonds. The van der Waals surface area contributed by atoms with Gasteiger partial charge < -0.3 is 4.57 Å². The molecule has 80 valence electrons. The minimum atomic E-state index is 0.603. The van der Waals surface area contributed by atoms with E-state index in [4.69, 9.17) is 0 Å². The fourth-order valence-corrected chi connectivity index (χ4v) is 1.63. The van der Waals surface area contributed by atoms with Gasteiger partial charge >= 0.3 is 0 Å². The molecule has 6 nitrogen and oxygen atoms in total. The van der Waals surface area contributed by atoms with E-state index < -0.39 is 0 Å². The largest absolute Gasteiger partial charge is 0.319 e. The summed E-state index contributed by atoms with van der Waals surface area (Å²) in [6.07, 6.45) is 4.49. The molecule has 0 aliphatic heterocycles. The summed E-state index contributed by atoms with van der Waals surface area (Å²) in [7, 11) is 1.91. The van der Waals surface area contributed by atoms with Crippen molar-refractivity contribution in [3.8, 4) is 0 Å². The van der Waals surface area contributed by atoms with Gasteiger partial charge in [-0.1, -0.05) is 21.1 Å². The van der Waals surface area contributed by atoms with Gasteiger partial charge in [-0.15, -0.1) is 15.3 Å². The molecule has 0 atom stereocenters. The van der Waals surface area contributed by atoms with Crippen LogP contribution in [0.5, 0.6) is 0 Å². The van der Waals surface area contributed by atoms with E-state index in [9.17, 15) is 0 Å². The zero-order chi connectivity index (χ0) is 10.7. The summed E-state index contributed by atoms with van der Waals surface area (Å²) in [4.78, 5) is 0. The molecule has 2 heterocycles. The zero-order valence-electron chi connectivity index (χ0n) is 8.34. The fraction of sp³-hybridized carbons (Fsp3) is 0.500. The third-order valence-electron chi connectivity index (χ3n) is 2.05. The Hall–Kier alpha value is -1.24. The average molecular weight is 271 g/mol. The van der Waals surface area contributed by atoms with Crippen LogP contribution >= 0.6 is 15.9 Å². The quantitative estimate of drug-likeness (QED) is 0.755. The highest BCUT2D eigenvalue weighted by molar-refractivity contribution is 9.09. The van der Waals surface area contributed by atoms with Crippen LogP contribution in [0.2, 0.25) is 0 Å². The molecule has 0 N–H and O–H groups in total. The molecule has 2 aromatic rings. The summed E-state index contributed by atoms with van der Waals surface area (Å²) in [5.74, 6) is 0.866. The van der Waals surface area contributed by atoms with Crippen LogP contribution in [0.3, 0.4) is 0 Å². The van der Waals surface area contributed by atoms with E-state index in [0.717, 1.165) is 23.3 Å². The number of alkyl halides is 1. The first-order chi connectivity index (χ1) is 7.29. The van der Waals surface area contributed by atoms with Crippen molar-refractivity contribution in [2.24, 2.45) is 7.05 Å². The molecule has 0 spiro atoms. The summed E-state index contributed by atoms with van der Waals surface area (Å²) in [6.45, 7) is 0.603. The van der Waals surface area contributed by atoms with E-state index in [1.54, 1.807) is 11.0 Å². The molecule has 0 radical (unpaired) electrons. The Morgan fingerprint density at radius 3 is 2.93 bits per heavy atom. The van der Waals surface area contributed by atoms with Crippen molar-refractivity contribution >= 4 is 15.9 Å². The van der Waals surface area contributed by atoms with Gasteiger partial charge in [0.25, 0.3) is 0 Å². The maximum atomic E-state index is 4.04. The number of hydrogen-bond acceptors (Lipinski definition) is 4. The standard InChI is InChI=1S/C8H11BrN6/c1-14-6-10-12-8(14)5-15-4-7(2-3-9)11-13-15/h4,6H,2-3,5H2,1H3. The van der Waals surface area contributed by atoms with E-state index in [1.165, 1.54) is 0 Å². The van der Waals surface area contributed by atoms with Crippen LogP contribution in [0.25, 0.3) is 0 Å². The van der Waals surface area contributed by atoms with Crippen molar-refractivity contribution in [2.45, 2.75) is 13.0 Å². The summed E-state index contributed by atoms with van der Waals surface area (Å²) in [5.41, 5.74) is 0.981. The maximum absolute atomic E-state index is 4.04. The van der Waals surface area contributed by atoms with E-state index in [1.807, 2.05) is 17.8 Å². The molecule has 0 unspecified atom stereocenters. The minimum Gasteiger partial charge on any atom is -0.319 e. The summed E-state index contributed by atoms with van der Waals surface area (Å²) in [6, 6.07) is 0. The van der Waals surface area contributed by atoms with Crippen molar-refractivity contribution < 1.29 is 0 Å². The first-order valence-corrected chi connectivity index (χ1v) is 5.69. The number of nitrogens with zero attached hydrogens (tertiary/aromatic N) is 6. The second-order valence-electron chi connectivity index (χ2n) is 3.20. The van der Waals surface area contributed by atoms with Crippen molar-refractivity contribution in [1.29, 1.82) is 0 Å². The Kier molecular flexibility index (Phi) is 3.10. The molecule has 15 heavy (non-hydrogen) atoms. The maximum Gasteiger partial charge on any atom is 0.154 e. The molecule has 0 aromatic carbocycles. The number of hydrogen-bond donors (Lipinski definition) is 0. The second kappa shape index (κ2) is 4.52. The Balaban J connectivity index is 2.08. The van der Waals surface area contributed by atoms with Crippen molar-refractivity contribution in [3.05, 3.63) is 24.0 Å². The molecule has 2 rings (SSSR count). The third-order valence-corrected chi connectivity index (χ3v) is 2.44. The molecule has 0 bridgehead atoms. The average Bonchev–Trinajstić information content (AvgIpc) is 2.79. The lowest BCUT2D eigenvalue weighted by atomic mass is 10.4. The van der Waals surface area contributed by atoms with Gasteiger partial charge in [0.05, 0.1) is 5.69 Å². The highest BCUT2D eigenvalue weighted by Gasteiger charge is 2.04. The highest BCUT2D eigenvalue weighted by Crippen LogP contribution is 2.00. The van der Waals surface area contributed by atoms with Crippen LogP contribution in [0.1, 0.15) is 11.5 Å². The Labute approximate surface area is 95.4 Å². The van der Waals surface area contributed by atoms with Gasteiger partial charge in [0.15, 0.2) is 5.82 Å². The molecule has 0 saturated carbocycles. The first kappa shape index (κ1) is 10.3. The van der Waals surface area contributed by atoms with Crippen molar-refractivity contribution in [3.63, 3.8) is 0 Å². The third kappa shape index (κ3) is 2.41. The highest BCUT2D eigenvalue weighted by atomic mass is 79.9. The number of aryl methyl sites for hydroxylation is 2. The second-order valence-corrected chi connectivity index (χ2v) is 4.00. The normalized spacial score (nSPS) is 10.8. The molecule has 0 fully saturated rings. The zero-order valence-corrected chi connectivity index (χ0v) is 9.92. The van der Waals surface area contributed by atoms with Crippen LogP contribution < -0.4 is 0 Å². The molecule has 2 aromatic heterocycles. The number of halogens is 1. The summed E-state index contributed by atoms with van der Waals surface area (Å²) in [5, 5.41) is 16.7. The first-order valence-electron chi connectivity index (χ1n) is 4.57.